The number of nitrogens with two attached hydrogens (primary N) is 1. The lowest BCUT2D eigenvalue weighted by Gasteiger charge is -2.09. The molecule has 0 amide bonds. The van der Waals surface area contributed by atoms with E-state index in [9.17, 15) is 4.79 Å². The van der Waals surface area contributed by atoms with Crippen molar-refractivity contribution in [2.75, 3.05) is 17.7 Å². The van der Waals surface area contributed by atoms with Crippen LogP contribution in [0.3, 0.4) is 0 Å². The summed E-state index contributed by atoms with van der Waals surface area (Å²) in [6.45, 7) is 2.58. The van der Waals surface area contributed by atoms with Crippen LogP contribution in [0.1, 0.15) is 23.0 Å². The van der Waals surface area contributed by atoms with Crippen LogP contribution in [0.15, 0.2) is 36.5 Å². The fourth-order valence-electron chi connectivity index (χ4n) is 1.67. The molecule has 0 saturated carbocycles. The molecule has 2 rings (SSSR count). The van der Waals surface area contributed by atoms with Crippen LogP contribution in [0.4, 0.5) is 11.4 Å². The van der Waals surface area contributed by atoms with Crippen LogP contribution >= 0.6 is 0 Å². The smallest absolute Gasteiger partial charge is 0.340 e. The molecule has 0 aliphatic heterocycles. The lowest BCUT2D eigenvalue weighted by molar-refractivity contribution is 0.0527. The zero-order valence-electron chi connectivity index (χ0n) is 11.2. The number of carbonyl (C=O) groups is 1. The molecule has 2 aromatic rings. The topological polar surface area (TPSA) is 90.1 Å². The Morgan fingerprint density at radius 1 is 1.40 bits per heavy atom. The number of nitrogen functional groups attached to an aromatic ring is 1. The zero-order valence-corrected chi connectivity index (χ0v) is 11.2. The summed E-state index contributed by atoms with van der Waals surface area (Å²) in [7, 11) is 0. The average molecular weight is 272 g/mol. The Hall–Kier alpha value is -2.63. The molecule has 0 saturated heterocycles. The van der Waals surface area contributed by atoms with Crippen molar-refractivity contribution < 1.29 is 9.53 Å². The van der Waals surface area contributed by atoms with Gasteiger partial charge in [-0.3, -0.25) is 0 Å². The Balaban J connectivity index is 2.09. The first-order valence-electron chi connectivity index (χ1n) is 6.27. The molecular weight excluding hydrogens is 256 g/mol. The number of ether oxygens (including phenoxy) is 1. The van der Waals surface area contributed by atoms with E-state index in [4.69, 9.17) is 10.5 Å². The highest BCUT2D eigenvalue weighted by atomic mass is 16.5. The number of nitrogens with one attached hydrogen (secondary N) is 1. The fraction of sp³-hybridized carbons (Fsp3) is 0.214. The van der Waals surface area contributed by atoms with Gasteiger partial charge < -0.3 is 15.8 Å². The molecule has 0 atom stereocenters. The normalized spacial score (nSPS) is 10.1. The third-order valence-corrected chi connectivity index (χ3v) is 2.65. The van der Waals surface area contributed by atoms with E-state index in [1.807, 2.05) is 12.1 Å². The Morgan fingerprint density at radius 2 is 2.25 bits per heavy atom. The number of esters is 1. The molecule has 6 nitrogen and oxygen atoms in total. The maximum Gasteiger partial charge on any atom is 0.340 e. The van der Waals surface area contributed by atoms with Crippen LogP contribution in [-0.4, -0.2) is 22.8 Å². The minimum atomic E-state index is -0.423. The van der Waals surface area contributed by atoms with Gasteiger partial charge in [0.2, 0.25) is 0 Å². The number of benzene rings is 1. The molecule has 1 heterocycles. The second-order valence-electron chi connectivity index (χ2n) is 4.09. The van der Waals surface area contributed by atoms with Gasteiger partial charge in [-0.2, -0.15) is 10.2 Å². The highest BCUT2D eigenvalue weighted by Gasteiger charge is 2.11. The Labute approximate surface area is 117 Å². The second kappa shape index (κ2) is 6.51. The van der Waals surface area contributed by atoms with Gasteiger partial charge in [-0.25, -0.2) is 4.79 Å². The van der Waals surface area contributed by atoms with E-state index >= 15 is 0 Å². The van der Waals surface area contributed by atoms with Crippen LogP contribution in [0.5, 0.6) is 0 Å². The summed E-state index contributed by atoms with van der Waals surface area (Å²) in [6, 6.07) is 8.82. The van der Waals surface area contributed by atoms with Gasteiger partial charge in [0.25, 0.3) is 0 Å². The first-order chi connectivity index (χ1) is 9.70. The highest BCUT2D eigenvalue weighted by Crippen LogP contribution is 2.19. The summed E-state index contributed by atoms with van der Waals surface area (Å²) in [5, 5.41) is 10.9. The van der Waals surface area contributed by atoms with E-state index in [-0.39, 0.29) is 0 Å². The fourth-order valence-corrected chi connectivity index (χ4v) is 1.67. The number of anilines is 2. The third-order valence-electron chi connectivity index (χ3n) is 2.65. The van der Waals surface area contributed by atoms with Gasteiger partial charge in [0, 0.05) is 17.6 Å². The second-order valence-corrected chi connectivity index (χ2v) is 4.09. The summed E-state index contributed by atoms with van der Waals surface area (Å²) in [4.78, 5) is 11.7. The monoisotopic (exact) mass is 272 g/mol. The van der Waals surface area contributed by atoms with Gasteiger partial charge in [-0.1, -0.05) is 0 Å². The largest absolute Gasteiger partial charge is 0.462 e. The third kappa shape index (κ3) is 3.44. The van der Waals surface area contributed by atoms with E-state index in [1.54, 1.807) is 31.3 Å². The van der Waals surface area contributed by atoms with E-state index in [1.165, 1.54) is 0 Å². The van der Waals surface area contributed by atoms with E-state index in [0.29, 0.717) is 24.4 Å². The Bertz CT molecular complexity index is 587. The highest BCUT2D eigenvalue weighted by molar-refractivity contribution is 5.96. The Morgan fingerprint density at radius 3 is 2.95 bits per heavy atom. The van der Waals surface area contributed by atoms with Gasteiger partial charge >= 0.3 is 5.97 Å². The maximum atomic E-state index is 11.7. The molecule has 6 heteroatoms. The van der Waals surface area contributed by atoms with Crippen molar-refractivity contribution in [3.63, 3.8) is 0 Å². The zero-order chi connectivity index (χ0) is 14.4. The summed E-state index contributed by atoms with van der Waals surface area (Å²) in [6.07, 6.45) is 1.62. The van der Waals surface area contributed by atoms with Crippen molar-refractivity contribution >= 4 is 17.3 Å². The van der Waals surface area contributed by atoms with Gasteiger partial charge in [0.1, 0.15) is 0 Å². The van der Waals surface area contributed by atoms with Gasteiger partial charge in [-0.05, 0) is 37.3 Å². The minimum Gasteiger partial charge on any atom is -0.462 e. The van der Waals surface area contributed by atoms with Crippen LogP contribution in [0.2, 0.25) is 0 Å². The van der Waals surface area contributed by atoms with Crippen LogP contribution in [-0.2, 0) is 11.3 Å². The molecule has 0 spiro atoms. The number of hydrogen-bond donors (Lipinski definition) is 2. The van der Waals surface area contributed by atoms with Crippen LogP contribution in [0.25, 0.3) is 0 Å². The molecule has 0 aliphatic carbocycles. The van der Waals surface area contributed by atoms with Gasteiger partial charge in [0.15, 0.2) is 0 Å². The molecule has 0 bridgehead atoms. The molecule has 1 aromatic carbocycles. The van der Waals surface area contributed by atoms with Gasteiger partial charge in [-0.15, -0.1) is 0 Å². The number of carbonyl (C=O) groups excluding carboxylic acids is 1. The van der Waals surface area contributed by atoms with Crippen molar-refractivity contribution in [2.45, 2.75) is 13.5 Å². The van der Waals surface area contributed by atoms with Crippen LogP contribution < -0.4 is 11.1 Å². The summed E-state index contributed by atoms with van der Waals surface area (Å²) >= 11 is 0. The van der Waals surface area contributed by atoms with Crippen molar-refractivity contribution in [1.82, 2.24) is 10.2 Å². The standard InChI is InChI=1S/C14H16N4O2/c1-2-20-14(19)12-8-10(5-6-13(12)15)16-9-11-4-3-7-17-18-11/h3-8,16H,2,9,15H2,1H3. The summed E-state index contributed by atoms with van der Waals surface area (Å²) in [5.41, 5.74) is 8.11. The molecule has 0 radical (unpaired) electrons. The first kappa shape index (κ1) is 13.8. The molecule has 1 aromatic heterocycles. The molecule has 20 heavy (non-hydrogen) atoms. The van der Waals surface area contributed by atoms with E-state index in [0.717, 1.165) is 11.4 Å². The molecule has 104 valence electrons. The summed E-state index contributed by atoms with van der Waals surface area (Å²) < 4.78 is 4.96. The van der Waals surface area contributed by atoms with Crippen molar-refractivity contribution in [2.24, 2.45) is 0 Å². The van der Waals surface area contributed by atoms with Gasteiger partial charge in [0.05, 0.1) is 24.4 Å². The number of hydrogen-bond acceptors (Lipinski definition) is 6. The van der Waals surface area contributed by atoms with Crippen LogP contribution in [0, 0.1) is 0 Å². The van der Waals surface area contributed by atoms with Crippen molar-refractivity contribution in [3.05, 3.63) is 47.8 Å². The SMILES string of the molecule is CCOC(=O)c1cc(NCc2cccnn2)ccc1N. The molecule has 0 fully saturated rings. The lowest BCUT2D eigenvalue weighted by Crippen LogP contribution is -2.09. The lowest BCUT2D eigenvalue weighted by atomic mass is 10.1. The molecule has 0 aliphatic rings. The van der Waals surface area contributed by atoms with Crippen molar-refractivity contribution in [1.29, 1.82) is 0 Å². The predicted molar refractivity (Wildman–Crippen MR) is 76.2 cm³/mol. The Kier molecular flexibility index (Phi) is 4.49. The summed E-state index contributed by atoms with van der Waals surface area (Å²) in [5.74, 6) is -0.423. The maximum absolute atomic E-state index is 11.7. The van der Waals surface area contributed by atoms with Crippen molar-refractivity contribution in [3.8, 4) is 0 Å². The predicted octanol–water partition coefficient (Wildman–Crippen LogP) is 1.85. The first-order valence-corrected chi connectivity index (χ1v) is 6.27. The molecule has 0 unspecified atom stereocenters. The minimum absolute atomic E-state index is 0.315. The number of rotatable bonds is 5. The number of aromatic nitrogens is 2. The van der Waals surface area contributed by atoms with E-state index < -0.39 is 5.97 Å². The molecular formula is C14H16N4O2. The quantitative estimate of drug-likeness (QED) is 0.637. The molecule has 3 N–H and O–H groups in total. The number of nitrogens with zero attached hydrogens (tertiary/aromatic N) is 2. The average Bonchev–Trinajstić information content (AvgIpc) is 2.47. The van der Waals surface area contributed by atoms with E-state index in [2.05, 4.69) is 15.5 Å².